The van der Waals surface area contributed by atoms with Crippen molar-refractivity contribution in [1.29, 1.82) is 0 Å². The predicted molar refractivity (Wildman–Crippen MR) is 81.4 cm³/mol. The molecule has 2 aromatic rings. The third-order valence-corrected chi connectivity index (χ3v) is 3.98. The summed E-state index contributed by atoms with van der Waals surface area (Å²) in [5.74, 6) is -0.0765. The van der Waals surface area contributed by atoms with Gasteiger partial charge in [0.15, 0.2) is 0 Å². The number of hydrogen-bond acceptors (Lipinski definition) is 1. The van der Waals surface area contributed by atoms with Gasteiger partial charge in [-0.15, -0.1) is 0 Å². The molecular weight excluding hydrogens is 303 g/mol. The average Bonchev–Trinajstić information content (AvgIpc) is 2.39. The van der Waals surface area contributed by atoms with E-state index in [1.54, 1.807) is 12.1 Å². The lowest BCUT2D eigenvalue weighted by atomic mass is 9.92. The first kappa shape index (κ1) is 14.7. The Morgan fingerprint density at radius 3 is 2.32 bits per heavy atom. The Hall–Kier alpha value is -0.730. The molecule has 0 aliphatic rings. The molecule has 100 valence electrons. The Kier molecular flexibility index (Phi) is 5.12. The molecule has 1 unspecified atom stereocenters. The Balaban J connectivity index is 2.27. The zero-order valence-electron chi connectivity index (χ0n) is 10.1. The number of aliphatic hydroxyl groups is 1. The van der Waals surface area contributed by atoms with Gasteiger partial charge in [0.1, 0.15) is 0 Å². The molecule has 1 N–H and O–H groups in total. The third-order valence-electron chi connectivity index (χ3n) is 3.05. The van der Waals surface area contributed by atoms with Gasteiger partial charge in [0, 0.05) is 21.0 Å². The van der Waals surface area contributed by atoms with Crippen molar-refractivity contribution in [2.24, 2.45) is 0 Å². The van der Waals surface area contributed by atoms with E-state index in [1.807, 2.05) is 30.3 Å². The lowest BCUT2D eigenvalue weighted by Crippen LogP contribution is -2.08. The van der Waals surface area contributed by atoms with E-state index in [1.165, 1.54) is 0 Å². The van der Waals surface area contributed by atoms with Crippen molar-refractivity contribution in [1.82, 2.24) is 0 Å². The van der Waals surface area contributed by atoms with Crippen LogP contribution in [0.1, 0.15) is 17.0 Å². The maximum atomic E-state index is 9.58. The first-order chi connectivity index (χ1) is 9.11. The van der Waals surface area contributed by atoms with Crippen LogP contribution in [0.15, 0.2) is 42.5 Å². The smallest absolute Gasteiger partial charge is 0.0503 e. The fraction of sp³-hybridized carbons (Fsp3) is 0.200. The first-order valence-electron chi connectivity index (χ1n) is 5.91. The van der Waals surface area contributed by atoms with Gasteiger partial charge < -0.3 is 5.11 Å². The van der Waals surface area contributed by atoms with Gasteiger partial charge in [-0.25, -0.2) is 0 Å². The molecule has 0 amide bonds. The Labute approximate surface area is 127 Å². The molecule has 0 saturated heterocycles. The third kappa shape index (κ3) is 3.64. The molecule has 0 saturated carbocycles. The van der Waals surface area contributed by atoms with Crippen LogP contribution >= 0.6 is 34.8 Å². The van der Waals surface area contributed by atoms with E-state index in [-0.39, 0.29) is 12.5 Å². The highest BCUT2D eigenvalue weighted by Crippen LogP contribution is 2.30. The van der Waals surface area contributed by atoms with E-state index in [0.29, 0.717) is 21.5 Å². The normalized spacial score (nSPS) is 12.4. The van der Waals surface area contributed by atoms with Crippen molar-refractivity contribution < 1.29 is 5.11 Å². The van der Waals surface area contributed by atoms with Crippen molar-refractivity contribution in [3.8, 4) is 0 Å². The van der Waals surface area contributed by atoms with E-state index in [4.69, 9.17) is 34.8 Å². The standard InChI is InChI=1S/C15H13Cl3O/c16-12-6-5-10(15(18)8-12)7-11(9-19)13-3-1-2-4-14(13)17/h1-6,8,11,19H,7,9H2. The summed E-state index contributed by atoms with van der Waals surface area (Å²) in [6, 6.07) is 12.9. The van der Waals surface area contributed by atoms with E-state index < -0.39 is 0 Å². The Bertz CT molecular complexity index is 569. The number of rotatable bonds is 4. The van der Waals surface area contributed by atoms with Gasteiger partial charge in [0.2, 0.25) is 0 Å². The van der Waals surface area contributed by atoms with Crippen LogP contribution < -0.4 is 0 Å². The molecule has 19 heavy (non-hydrogen) atoms. The van der Waals surface area contributed by atoms with Gasteiger partial charge >= 0.3 is 0 Å². The van der Waals surface area contributed by atoms with Crippen molar-refractivity contribution in [3.05, 3.63) is 68.7 Å². The second-order valence-electron chi connectivity index (χ2n) is 4.34. The summed E-state index contributed by atoms with van der Waals surface area (Å²) in [5.41, 5.74) is 1.88. The van der Waals surface area contributed by atoms with Gasteiger partial charge in [0.05, 0.1) is 6.61 Å². The van der Waals surface area contributed by atoms with Gasteiger partial charge in [0.25, 0.3) is 0 Å². The van der Waals surface area contributed by atoms with E-state index in [9.17, 15) is 5.11 Å². The van der Waals surface area contributed by atoms with Gasteiger partial charge in [-0.3, -0.25) is 0 Å². The predicted octanol–water partition coefficient (Wildman–Crippen LogP) is 4.97. The second-order valence-corrected chi connectivity index (χ2v) is 5.59. The molecule has 2 aromatic carbocycles. The molecule has 1 atom stereocenters. The molecule has 0 radical (unpaired) electrons. The highest BCUT2D eigenvalue weighted by Gasteiger charge is 2.15. The Morgan fingerprint density at radius 1 is 0.947 bits per heavy atom. The molecule has 0 aliphatic carbocycles. The van der Waals surface area contributed by atoms with Crippen molar-refractivity contribution in [2.75, 3.05) is 6.61 Å². The molecule has 2 rings (SSSR count). The summed E-state index contributed by atoms with van der Waals surface area (Å²) in [6.45, 7) is 0.0166. The minimum atomic E-state index is -0.0765. The minimum absolute atomic E-state index is 0.0166. The van der Waals surface area contributed by atoms with Crippen molar-refractivity contribution in [2.45, 2.75) is 12.3 Å². The zero-order valence-corrected chi connectivity index (χ0v) is 12.4. The monoisotopic (exact) mass is 314 g/mol. The van der Waals surface area contributed by atoms with Crippen LogP contribution in [-0.4, -0.2) is 11.7 Å². The van der Waals surface area contributed by atoms with Crippen LogP contribution in [-0.2, 0) is 6.42 Å². The fourth-order valence-electron chi connectivity index (χ4n) is 2.03. The van der Waals surface area contributed by atoms with Gasteiger partial charge in [-0.1, -0.05) is 59.1 Å². The van der Waals surface area contributed by atoms with E-state index in [2.05, 4.69) is 0 Å². The molecule has 0 aromatic heterocycles. The summed E-state index contributed by atoms with van der Waals surface area (Å²) in [4.78, 5) is 0. The van der Waals surface area contributed by atoms with Crippen LogP contribution in [0.2, 0.25) is 15.1 Å². The van der Waals surface area contributed by atoms with Crippen LogP contribution in [0.5, 0.6) is 0 Å². The highest BCUT2D eigenvalue weighted by molar-refractivity contribution is 6.35. The SMILES string of the molecule is OCC(Cc1ccc(Cl)cc1Cl)c1ccccc1Cl. The number of hydrogen-bond donors (Lipinski definition) is 1. The first-order valence-corrected chi connectivity index (χ1v) is 7.04. The number of aliphatic hydroxyl groups excluding tert-OH is 1. The number of halogens is 3. The summed E-state index contributed by atoms with van der Waals surface area (Å²) in [6.07, 6.45) is 0.621. The van der Waals surface area contributed by atoms with E-state index in [0.717, 1.165) is 11.1 Å². The quantitative estimate of drug-likeness (QED) is 0.845. The molecule has 0 fully saturated rings. The van der Waals surface area contributed by atoms with Gasteiger partial charge in [-0.2, -0.15) is 0 Å². The molecule has 0 bridgehead atoms. The maximum absolute atomic E-state index is 9.58. The van der Waals surface area contributed by atoms with E-state index >= 15 is 0 Å². The van der Waals surface area contributed by atoms with Crippen molar-refractivity contribution in [3.63, 3.8) is 0 Å². The van der Waals surface area contributed by atoms with Crippen LogP contribution in [0.25, 0.3) is 0 Å². The van der Waals surface area contributed by atoms with Crippen molar-refractivity contribution >= 4 is 34.8 Å². The maximum Gasteiger partial charge on any atom is 0.0503 e. The topological polar surface area (TPSA) is 20.2 Å². The summed E-state index contributed by atoms with van der Waals surface area (Å²) >= 11 is 18.2. The molecule has 4 heteroatoms. The van der Waals surface area contributed by atoms with Gasteiger partial charge in [-0.05, 0) is 35.7 Å². The molecule has 1 nitrogen and oxygen atoms in total. The van der Waals surface area contributed by atoms with Crippen LogP contribution in [0.3, 0.4) is 0 Å². The summed E-state index contributed by atoms with van der Waals surface area (Å²) in [7, 11) is 0. The molecule has 0 spiro atoms. The largest absolute Gasteiger partial charge is 0.396 e. The minimum Gasteiger partial charge on any atom is -0.396 e. The summed E-state index contributed by atoms with van der Waals surface area (Å²) < 4.78 is 0. The Morgan fingerprint density at radius 2 is 1.68 bits per heavy atom. The zero-order chi connectivity index (χ0) is 13.8. The fourth-order valence-corrected chi connectivity index (χ4v) is 2.81. The molecule has 0 heterocycles. The van der Waals surface area contributed by atoms with Crippen LogP contribution in [0, 0.1) is 0 Å². The molecular formula is C15H13Cl3O. The summed E-state index contributed by atoms with van der Waals surface area (Å²) in [5, 5.41) is 11.5. The number of benzene rings is 2. The molecule has 0 aliphatic heterocycles. The second kappa shape index (κ2) is 6.62. The van der Waals surface area contributed by atoms with Crippen LogP contribution in [0.4, 0.5) is 0 Å². The highest BCUT2D eigenvalue weighted by atomic mass is 35.5. The lowest BCUT2D eigenvalue weighted by molar-refractivity contribution is 0.264. The lowest BCUT2D eigenvalue weighted by Gasteiger charge is -2.17. The average molecular weight is 316 g/mol.